The Morgan fingerprint density at radius 2 is 1.83 bits per heavy atom. The second-order valence-corrected chi connectivity index (χ2v) is 5.33. The van der Waals surface area contributed by atoms with Crippen LogP contribution in [0.2, 0.25) is 0 Å². The molecule has 0 fully saturated rings. The van der Waals surface area contributed by atoms with Crippen LogP contribution in [0, 0.1) is 0 Å². The Balaban J connectivity index is 2.05. The van der Waals surface area contributed by atoms with Crippen molar-refractivity contribution in [2.24, 2.45) is 0 Å². The summed E-state index contributed by atoms with van der Waals surface area (Å²) < 4.78 is 5.60. The summed E-state index contributed by atoms with van der Waals surface area (Å²) in [5.41, 5.74) is 2.84. The molecule has 90 valence electrons. The SMILES string of the molecule is O=C1c2ccc(-c3ccccc3)cc2OC[C@H]1Br. The monoisotopic (exact) mass is 302 g/mol. The zero-order chi connectivity index (χ0) is 12.5. The number of carbonyl (C=O) groups is 1. The average Bonchev–Trinajstić information content (AvgIpc) is 2.44. The minimum Gasteiger partial charge on any atom is -0.491 e. The number of hydrogen-bond acceptors (Lipinski definition) is 2. The zero-order valence-electron chi connectivity index (χ0n) is 9.60. The summed E-state index contributed by atoms with van der Waals surface area (Å²) in [6, 6.07) is 15.8. The Morgan fingerprint density at radius 1 is 1.06 bits per heavy atom. The first kappa shape index (κ1) is 11.5. The van der Waals surface area contributed by atoms with Crippen LogP contribution in [0.5, 0.6) is 5.75 Å². The van der Waals surface area contributed by atoms with E-state index in [-0.39, 0.29) is 10.6 Å². The zero-order valence-corrected chi connectivity index (χ0v) is 11.2. The summed E-state index contributed by atoms with van der Waals surface area (Å²) in [5, 5.41) is 0. The van der Waals surface area contributed by atoms with Crippen molar-refractivity contribution in [1.82, 2.24) is 0 Å². The quantitative estimate of drug-likeness (QED) is 0.751. The fourth-order valence-electron chi connectivity index (χ4n) is 2.06. The molecule has 3 rings (SSSR count). The van der Waals surface area contributed by atoms with Crippen molar-refractivity contribution in [3.05, 3.63) is 54.1 Å². The number of ketones is 1. The van der Waals surface area contributed by atoms with Crippen LogP contribution in [0.1, 0.15) is 10.4 Å². The fraction of sp³-hybridized carbons (Fsp3) is 0.133. The van der Waals surface area contributed by atoms with Gasteiger partial charge in [0.2, 0.25) is 0 Å². The van der Waals surface area contributed by atoms with Crippen LogP contribution in [0.4, 0.5) is 0 Å². The number of halogens is 1. The number of ether oxygens (including phenoxy) is 1. The van der Waals surface area contributed by atoms with Crippen LogP contribution in [-0.4, -0.2) is 17.2 Å². The molecular formula is C15H11BrO2. The lowest BCUT2D eigenvalue weighted by molar-refractivity contribution is 0.0946. The number of alkyl halides is 1. The Labute approximate surface area is 114 Å². The van der Waals surface area contributed by atoms with E-state index >= 15 is 0 Å². The van der Waals surface area contributed by atoms with Gasteiger partial charge in [-0.15, -0.1) is 0 Å². The molecule has 0 aromatic heterocycles. The summed E-state index contributed by atoms with van der Waals surface area (Å²) in [4.78, 5) is 11.7. The molecule has 1 aliphatic heterocycles. The highest BCUT2D eigenvalue weighted by atomic mass is 79.9. The molecule has 0 aliphatic carbocycles. The van der Waals surface area contributed by atoms with Crippen LogP contribution in [0.3, 0.4) is 0 Å². The van der Waals surface area contributed by atoms with Gasteiger partial charge >= 0.3 is 0 Å². The average molecular weight is 303 g/mol. The van der Waals surface area contributed by atoms with E-state index in [2.05, 4.69) is 15.9 Å². The van der Waals surface area contributed by atoms with Crippen molar-refractivity contribution in [1.29, 1.82) is 0 Å². The van der Waals surface area contributed by atoms with Gasteiger partial charge in [-0.2, -0.15) is 0 Å². The van der Waals surface area contributed by atoms with E-state index < -0.39 is 0 Å². The molecule has 2 nitrogen and oxygen atoms in total. The van der Waals surface area contributed by atoms with Crippen LogP contribution >= 0.6 is 15.9 Å². The predicted octanol–water partition coefficient (Wildman–Crippen LogP) is 3.69. The van der Waals surface area contributed by atoms with E-state index in [1.807, 2.05) is 48.5 Å². The lowest BCUT2D eigenvalue weighted by atomic mass is 9.99. The lowest BCUT2D eigenvalue weighted by Gasteiger charge is -2.20. The van der Waals surface area contributed by atoms with Gasteiger partial charge in [0.25, 0.3) is 0 Å². The fourth-order valence-corrected chi connectivity index (χ4v) is 2.44. The minimum absolute atomic E-state index is 0.0934. The molecule has 18 heavy (non-hydrogen) atoms. The molecule has 2 aromatic rings. The highest BCUT2D eigenvalue weighted by Crippen LogP contribution is 2.32. The number of hydrogen-bond donors (Lipinski definition) is 0. The van der Waals surface area contributed by atoms with Gasteiger partial charge < -0.3 is 4.74 Å². The van der Waals surface area contributed by atoms with Crippen LogP contribution in [0.15, 0.2) is 48.5 Å². The molecule has 0 unspecified atom stereocenters. The molecule has 3 heteroatoms. The van der Waals surface area contributed by atoms with Gasteiger partial charge in [0, 0.05) is 0 Å². The molecule has 1 atom stereocenters. The van der Waals surface area contributed by atoms with E-state index in [9.17, 15) is 4.79 Å². The Hall–Kier alpha value is -1.61. The summed E-state index contributed by atoms with van der Waals surface area (Å²) in [5.74, 6) is 0.771. The summed E-state index contributed by atoms with van der Waals surface area (Å²) in [7, 11) is 0. The van der Waals surface area contributed by atoms with Crippen LogP contribution in [0.25, 0.3) is 11.1 Å². The number of fused-ring (bicyclic) bond motifs is 1. The minimum atomic E-state index is -0.229. The molecule has 0 amide bonds. The largest absolute Gasteiger partial charge is 0.491 e. The van der Waals surface area contributed by atoms with Gasteiger partial charge in [0.1, 0.15) is 17.2 Å². The van der Waals surface area contributed by atoms with Gasteiger partial charge in [-0.3, -0.25) is 4.79 Å². The maximum Gasteiger partial charge on any atom is 0.183 e. The van der Waals surface area contributed by atoms with E-state index in [1.165, 1.54) is 0 Å². The Bertz CT molecular complexity index is 593. The second-order valence-electron chi connectivity index (χ2n) is 4.22. The number of carbonyl (C=O) groups excluding carboxylic acids is 1. The molecule has 2 aromatic carbocycles. The normalized spacial score (nSPS) is 18.1. The molecule has 0 saturated heterocycles. The van der Waals surface area contributed by atoms with E-state index in [4.69, 9.17) is 4.74 Å². The highest BCUT2D eigenvalue weighted by molar-refractivity contribution is 9.10. The van der Waals surface area contributed by atoms with E-state index in [0.717, 1.165) is 11.1 Å². The molecule has 0 bridgehead atoms. The summed E-state index contributed by atoms with van der Waals surface area (Å²) in [6.07, 6.45) is 0. The third-order valence-corrected chi connectivity index (χ3v) is 3.70. The van der Waals surface area contributed by atoms with Gasteiger partial charge in [-0.25, -0.2) is 0 Å². The molecule has 0 N–H and O–H groups in total. The number of rotatable bonds is 1. The second kappa shape index (κ2) is 4.58. The molecule has 0 saturated carbocycles. The van der Waals surface area contributed by atoms with Crippen LogP contribution < -0.4 is 4.74 Å². The van der Waals surface area contributed by atoms with E-state index in [0.29, 0.717) is 17.9 Å². The van der Waals surface area contributed by atoms with Gasteiger partial charge in [-0.1, -0.05) is 52.3 Å². The lowest BCUT2D eigenvalue weighted by Crippen LogP contribution is -2.27. The maximum absolute atomic E-state index is 11.9. The Kier molecular flexibility index (Phi) is 2.92. The predicted molar refractivity (Wildman–Crippen MR) is 74.4 cm³/mol. The first-order valence-corrected chi connectivity index (χ1v) is 6.68. The van der Waals surface area contributed by atoms with Crippen molar-refractivity contribution >= 4 is 21.7 Å². The van der Waals surface area contributed by atoms with Crippen molar-refractivity contribution in [2.75, 3.05) is 6.61 Å². The third kappa shape index (κ3) is 1.95. The van der Waals surface area contributed by atoms with Gasteiger partial charge in [0.05, 0.1) is 5.56 Å². The first-order chi connectivity index (χ1) is 8.75. The Morgan fingerprint density at radius 3 is 2.61 bits per heavy atom. The standard InChI is InChI=1S/C15H11BrO2/c16-13-9-18-14-8-11(6-7-12(14)15(13)17)10-4-2-1-3-5-10/h1-8,13H,9H2/t13-/m1/s1. The van der Waals surface area contributed by atoms with Crippen molar-refractivity contribution in [2.45, 2.75) is 4.83 Å². The van der Waals surface area contributed by atoms with Crippen LogP contribution in [-0.2, 0) is 0 Å². The smallest absolute Gasteiger partial charge is 0.183 e. The van der Waals surface area contributed by atoms with Crippen molar-refractivity contribution < 1.29 is 9.53 Å². The maximum atomic E-state index is 11.9. The van der Waals surface area contributed by atoms with Gasteiger partial charge in [-0.05, 0) is 23.3 Å². The molecule has 1 aliphatic rings. The molecular weight excluding hydrogens is 292 g/mol. The number of Topliss-reactive ketones (excluding diaryl/α,β-unsaturated/α-hetero) is 1. The van der Waals surface area contributed by atoms with E-state index in [1.54, 1.807) is 0 Å². The first-order valence-electron chi connectivity index (χ1n) is 5.76. The molecule has 0 radical (unpaired) electrons. The van der Waals surface area contributed by atoms with Crippen molar-refractivity contribution in [3.63, 3.8) is 0 Å². The van der Waals surface area contributed by atoms with Gasteiger partial charge in [0.15, 0.2) is 5.78 Å². The highest BCUT2D eigenvalue weighted by Gasteiger charge is 2.26. The topological polar surface area (TPSA) is 26.3 Å². The summed E-state index contributed by atoms with van der Waals surface area (Å²) >= 11 is 3.31. The third-order valence-electron chi connectivity index (χ3n) is 3.02. The molecule has 0 spiro atoms. The summed E-state index contributed by atoms with van der Waals surface area (Å²) in [6.45, 7) is 0.393. The number of benzene rings is 2. The van der Waals surface area contributed by atoms with Crippen molar-refractivity contribution in [3.8, 4) is 16.9 Å². The molecule has 1 heterocycles.